The van der Waals surface area contributed by atoms with Crippen molar-refractivity contribution in [1.29, 1.82) is 0 Å². The van der Waals surface area contributed by atoms with Gasteiger partial charge in [-0.2, -0.15) is 13.2 Å². The average molecular weight is 415 g/mol. The topological polar surface area (TPSA) is 48.0 Å². The van der Waals surface area contributed by atoms with Crippen molar-refractivity contribution in [1.82, 2.24) is 9.71 Å². The zero-order chi connectivity index (χ0) is 19.0. The molecule has 0 spiro atoms. The number of aromatic nitrogens is 1. The number of thiazole rings is 1. The van der Waals surface area contributed by atoms with Crippen molar-refractivity contribution in [2.45, 2.75) is 37.7 Å². The summed E-state index contributed by atoms with van der Waals surface area (Å²) >= 11 is 4.62. The van der Waals surface area contributed by atoms with E-state index in [4.69, 9.17) is 11.6 Å². The van der Waals surface area contributed by atoms with E-state index >= 15 is 0 Å². The number of rotatable bonds is 4. The third kappa shape index (κ3) is 5.07. The molecule has 0 radical (unpaired) electrons. The van der Waals surface area contributed by atoms with E-state index in [1.165, 1.54) is 17.5 Å². The average Bonchev–Trinajstić information content (AvgIpc) is 2.96. The highest BCUT2D eigenvalue weighted by atomic mass is 35.5. The second-order valence-corrected chi connectivity index (χ2v) is 9.44. The molecule has 2 rings (SSSR count). The summed E-state index contributed by atoms with van der Waals surface area (Å²) in [6, 6.07) is 2.82. The first-order chi connectivity index (χ1) is 11.4. The summed E-state index contributed by atoms with van der Waals surface area (Å²) in [6.45, 7) is 5.15. The lowest BCUT2D eigenvalue weighted by Gasteiger charge is -2.27. The van der Waals surface area contributed by atoms with Gasteiger partial charge in [0.05, 0.1) is 10.7 Å². The van der Waals surface area contributed by atoms with Crippen LogP contribution in [-0.4, -0.2) is 14.3 Å². The van der Waals surface area contributed by atoms with Gasteiger partial charge in [-0.15, -0.1) is 16.1 Å². The molecule has 0 bridgehead atoms. The van der Waals surface area contributed by atoms with Crippen LogP contribution in [0.1, 0.15) is 43.1 Å². The molecule has 10 heteroatoms. The van der Waals surface area contributed by atoms with Crippen LogP contribution in [0.25, 0.3) is 0 Å². The monoisotopic (exact) mass is 414 g/mol. The number of nitrogens with zero attached hydrogens (tertiary/aromatic N) is 1. The van der Waals surface area contributed by atoms with Crippen molar-refractivity contribution in [2.24, 2.45) is 0 Å². The molecule has 2 aromatic rings. The number of hydrogen-bond donors (Lipinski definition) is 1. The zero-order valence-electron chi connectivity index (χ0n) is 13.4. The summed E-state index contributed by atoms with van der Waals surface area (Å²) in [5.74, 6) is -0.657. The molecule has 1 aromatic carbocycles. The van der Waals surface area contributed by atoms with Gasteiger partial charge in [-0.05, 0) is 38.5 Å². The highest BCUT2D eigenvalue weighted by Gasteiger charge is 2.37. The van der Waals surface area contributed by atoms with Crippen LogP contribution in [0, 0.1) is 5.82 Å². The Morgan fingerprint density at radius 1 is 1.28 bits per heavy atom. The molecule has 138 valence electrons. The van der Waals surface area contributed by atoms with E-state index in [0.29, 0.717) is 16.9 Å². The maximum absolute atomic E-state index is 13.4. The van der Waals surface area contributed by atoms with Gasteiger partial charge in [0.15, 0.2) is 5.01 Å². The molecule has 0 aliphatic carbocycles. The van der Waals surface area contributed by atoms with Gasteiger partial charge in [0, 0.05) is 16.7 Å². The number of hydrogen-bond acceptors (Lipinski definition) is 4. The Hall–Kier alpha value is -0.870. The van der Waals surface area contributed by atoms with E-state index in [1.807, 2.05) is 0 Å². The first-order valence-electron chi connectivity index (χ1n) is 7.05. The molecule has 25 heavy (non-hydrogen) atoms. The molecule has 0 amide bonds. The minimum Gasteiger partial charge on any atom is -0.598 e. The minimum atomic E-state index is -4.57. The number of alkyl halides is 3. The summed E-state index contributed by atoms with van der Waals surface area (Å²) in [7, 11) is 0. The van der Waals surface area contributed by atoms with Crippen molar-refractivity contribution >= 4 is 34.3 Å². The Morgan fingerprint density at radius 3 is 2.40 bits per heavy atom. The third-order valence-corrected chi connectivity index (χ3v) is 5.88. The Labute approximate surface area is 154 Å². The van der Waals surface area contributed by atoms with Gasteiger partial charge in [-0.3, -0.25) is 0 Å². The minimum absolute atomic E-state index is 0.0394. The van der Waals surface area contributed by atoms with Crippen LogP contribution in [-0.2, 0) is 17.5 Å². The summed E-state index contributed by atoms with van der Waals surface area (Å²) in [4.78, 5) is 3.61. The first kappa shape index (κ1) is 20.4. The molecular formula is C15H15ClF4N2OS2. The van der Waals surface area contributed by atoms with E-state index in [1.54, 1.807) is 20.8 Å². The van der Waals surface area contributed by atoms with E-state index < -0.39 is 39.2 Å². The summed E-state index contributed by atoms with van der Waals surface area (Å²) in [6.07, 6.45) is -4.57. The second kappa shape index (κ2) is 7.40. The summed E-state index contributed by atoms with van der Waals surface area (Å²) < 4.78 is 66.4. The smallest absolute Gasteiger partial charge is 0.443 e. The molecule has 0 fully saturated rings. The lowest BCUT2D eigenvalue weighted by Crippen LogP contribution is -2.41. The SMILES string of the molecule is CC(C)(C)[S+]([O-])N[C@@H](c1ccc(F)c(Cl)c1)c1csc(C(F)(F)F)n1. The Balaban J connectivity index is 2.45. The van der Waals surface area contributed by atoms with Crippen LogP contribution in [0.5, 0.6) is 0 Å². The van der Waals surface area contributed by atoms with Gasteiger partial charge >= 0.3 is 6.18 Å². The van der Waals surface area contributed by atoms with Crippen molar-refractivity contribution < 1.29 is 22.1 Å². The molecule has 1 N–H and O–H groups in total. The van der Waals surface area contributed by atoms with Crippen molar-refractivity contribution in [2.75, 3.05) is 0 Å². The van der Waals surface area contributed by atoms with Gasteiger partial charge < -0.3 is 4.55 Å². The summed E-state index contributed by atoms with van der Waals surface area (Å²) in [5.41, 5.74) is 0.403. The fraction of sp³-hybridized carbons (Fsp3) is 0.400. The van der Waals surface area contributed by atoms with Crippen LogP contribution >= 0.6 is 22.9 Å². The lowest BCUT2D eigenvalue weighted by atomic mass is 10.1. The molecule has 0 saturated heterocycles. The molecule has 2 atom stereocenters. The standard InChI is InChI=1S/C15H15ClF4N2OS2/c1-14(2,3)25(23)22-12(8-4-5-10(17)9(16)6-8)11-7-24-13(21-11)15(18,19)20/h4-7,12,22H,1-3H3/t12-,25?/m0/s1. The van der Waals surface area contributed by atoms with Gasteiger partial charge in [0.25, 0.3) is 0 Å². The summed E-state index contributed by atoms with van der Waals surface area (Å²) in [5, 5.41) is 0.0404. The number of halogens is 5. The molecule has 0 aliphatic heterocycles. The molecule has 0 aliphatic rings. The highest BCUT2D eigenvalue weighted by molar-refractivity contribution is 7.90. The van der Waals surface area contributed by atoms with Crippen LogP contribution < -0.4 is 4.72 Å². The molecule has 1 unspecified atom stereocenters. The van der Waals surface area contributed by atoms with Crippen molar-refractivity contribution in [3.63, 3.8) is 0 Å². The maximum atomic E-state index is 13.4. The Kier molecular flexibility index (Phi) is 6.05. The van der Waals surface area contributed by atoms with E-state index in [0.717, 1.165) is 6.07 Å². The third-order valence-electron chi connectivity index (χ3n) is 3.12. The maximum Gasteiger partial charge on any atom is 0.443 e. The normalized spacial score (nSPS) is 15.2. The van der Waals surface area contributed by atoms with E-state index in [-0.39, 0.29) is 10.7 Å². The van der Waals surface area contributed by atoms with E-state index in [9.17, 15) is 22.1 Å². The predicted molar refractivity (Wildman–Crippen MR) is 91.4 cm³/mol. The van der Waals surface area contributed by atoms with Crippen LogP contribution in [0.3, 0.4) is 0 Å². The quantitative estimate of drug-likeness (QED) is 0.559. The zero-order valence-corrected chi connectivity index (χ0v) is 15.8. The van der Waals surface area contributed by atoms with E-state index in [2.05, 4.69) is 9.71 Å². The van der Waals surface area contributed by atoms with Gasteiger partial charge in [0.2, 0.25) is 0 Å². The lowest BCUT2D eigenvalue weighted by molar-refractivity contribution is -0.137. The molecule has 1 aromatic heterocycles. The predicted octanol–water partition coefficient (Wildman–Crippen LogP) is 5.10. The fourth-order valence-corrected chi connectivity index (χ4v) is 3.55. The second-order valence-electron chi connectivity index (χ2n) is 6.18. The van der Waals surface area contributed by atoms with Gasteiger partial charge in [-0.1, -0.05) is 17.7 Å². The highest BCUT2D eigenvalue weighted by Crippen LogP contribution is 2.35. The van der Waals surface area contributed by atoms with Crippen LogP contribution in [0.15, 0.2) is 23.6 Å². The van der Waals surface area contributed by atoms with Crippen LogP contribution in [0.2, 0.25) is 5.02 Å². The largest absolute Gasteiger partial charge is 0.598 e. The fourth-order valence-electron chi connectivity index (χ4n) is 1.82. The van der Waals surface area contributed by atoms with Gasteiger partial charge in [0.1, 0.15) is 16.6 Å². The molecule has 1 heterocycles. The molecule has 0 saturated carbocycles. The first-order valence-corrected chi connectivity index (χ1v) is 9.46. The van der Waals surface area contributed by atoms with Crippen LogP contribution in [0.4, 0.5) is 17.6 Å². The Bertz CT molecular complexity index is 746. The molecular weight excluding hydrogens is 400 g/mol. The number of nitrogens with one attached hydrogen (secondary N) is 1. The molecule has 3 nitrogen and oxygen atoms in total. The van der Waals surface area contributed by atoms with Gasteiger partial charge in [-0.25, -0.2) is 9.37 Å². The Morgan fingerprint density at radius 2 is 1.92 bits per heavy atom. The van der Waals surface area contributed by atoms with Crippen molar-refractivity contribution in [3.8, 4) is 0 Å². The number of benzene rings is 1. The van der Waals surface area contributed by atoms with Crippen molar-refractivity contribution in [3.05, 3.63) is 50.7 Å².